The Balaban J connectivity index is 1.38. The molecule has 0 unspecified atom stereocenters. The lowest BCUT2D eigenvalue weighted by atomic mass is 9.93. The lowest BCUT2D eigenvalue weighted by molar-refractivity contribution is 0.171. The number of fused-ring (bicyclic) bond motifs is 1. The Morgan fingerprint density at radius 2 is 1.96 bits per heavy atom. The lowest BCUT2D eigenvalue weighted by Gasteiger charge is -2.33. The average molecular weight is 367 g/mol. The third kappa shape index (κ3) is 3.76. The molecule has 0 amide bonds. The summed E-state index contributed by atoms with van der Waals surface area (Å²) < 4.78 is 1.97. The van der Waals surface area contributed by atoms with Gasteiger partial charge >= 0.3 is 0 Å². The van der Waals surface area contributed by atoms with Gasteiger partial charge in [-0.3, -0.25) is 4.68 Å². The van der Waals surface area contributed by atoms with Crippen molar-refractivity contribution in [2.75, 3.05) is 13.1 Å². The van der Waals surface area contributed by atoms with Gasteiger partial charge in [-0.2, -0.15) is 0 Å². The number of imidazole rings is 1. The Bertz CT molecular complexity index is 914. The Morgan fingerprint density at radius 1 is 1.19 bits per heavy atom. The number of aromatic nitrogens is 5. The third-order valence-electron chi connectivity index (χ3n) is 6.04. The van der Waals surface area contributed by atoms with E-state index in [0.29, 0.717) is 12.0 Å². The van der Waals surface area contributed by atoms with Crippen LogP contribution in [0.3, 0.4) is 0 Å². The number of hydrogen-bond acceptors (Lipinski definition) is 4. The van der Waals surface area contributed by atoms with Gasteiger partial charge in [-0.15, -0.1) is 5.10 Å². The van der Waals surface area contributed by atoms with Crippen LogP contribution >= 0.6 is 0 Å². The lowest BCUT2D eigenvalue weighted by Crippen LogP contribution is -2.37. The van der Waals surface area contributed by atoms with Crippen molar-refractivity contribution in [1.29, 1.82) is 0 Å². The van der Waals surface area contributed by atoms with Crippen molar-refractivity contribution in [3.8, 4) is 0 Å². The number of piperidine rings is 1. The largest absolute Gasteiger partial charge is 0.342 e. The standard InChI is InChI=1S/C21H30N6/c1-14(2)26-10-7-17(8-11-26)19-13-27(25-24-19)12-9-20-22-18-6-5-15(3)16(4)21(18)23-20/h5-6,13-14,17H,7-12H2,1-4H3,(H,22,23). The topological polar surface area (TPSA) is 62.6 Å². The molecular weight excluding hydrogens is 336 g/mol. The van der Waals surface area contributed by atoms with Gasteiger partial charge in [-0.05, 0) is 70.8 Å². The van der Waals surface area contributed by atoms with E-state index in [2.05, 4.69) is 66.2 Å². The minimum absolute atomic E-state index is 0.547. The summed E-state index contributed by atoms with van der Waals surface area (Å²) >= 11 is 0. The van der Waals surface area contributed by atoms with Gasteiger partial charge in [0, 0.05) is 31.1 Å². The summed E-state index contributed by atoms with van der Waals surface area (Å²) in [6.45, 7) is 11.9. The van der Waals surface area contributed by atoms with Gasteiger partial charge in [0.25, 0.3) is 0 Å². The summed E-state index contributed by atoms with van der Waals surface area (Å²) in [6, 6.07) is 4.90. The molecule has 0 atom stereocenters. The van der Waals surface area contributed by atoms with Crippen molar-refractivity contribution in [1.82, 2.24) is 29.9 Å². The van der Waals surface area contributed by atoms with Crippen LogP contribution in [0, 0.1) is 13.8 Å². The van der Waals surface area contributed by atoms with Crippen LogP contribution in [-0.2, 0) is 13.0 Å². The summed E-state index contributed by atoms with van der Waals surface area (Å²) in [5.74, 6) is 1.56. The summed E-state index contributed by atoms with van der Waals surface area (Å²) in [7, 11) is 0. The van der Waals surface area contributed by atoms with Crippen LogP contribution in [0.1, 0.15) is 55.3 Å². The predicted molar refractivity (Wildman–Crippen MR) is 108 cm³/mol. The third-order valence-corrected chi connectivity index (χ3v) is 6.04. The second-order valence-electron chi connectivity index (χ2n) is 8.15. The number of benzene rings is 1. The van der Waals surface area contributed by atoms with Crippen LogP contribution in [-0.4, -0.2) is 49.0 Å². The zero-order valence-electron chi connectivity index (χ0n) is 16.9. The fraction of sp³-hybridized carbons (Fsp3) is 0.571. The van der Waals surface area contributed by atoms with Crippen molar-refractivity contribution < 1.29 is 0 Å². The number of rotatable bonds is 5. The number of nitrogens with one attached hydrogen (secondary N) is 1. The Kier molecular flexibility index (Phi) is 5.00. The van der Waals surface area contributed by atoms with Crippen molar-refractivity contribution in [2.24, 2.45) is 0 Å². The molecule has 1 saturated heterocycles. The molecule has 0 spiro atoms. The van der Waals surface area contributed by atoms with Crippen molar-refractivity contribution in [2.45, 2.75) is 65.5 Å². The van der Waals surface area contributed by atoms with E-state index in [-0.39, 0.29) is 0 Å². The second kappa shape index (κ2) is 7.43. The van der Waals surface area contributed by atoms with Gasteiger partial charge in [-0.1, -0.05) is 11.3 Å². The smallest absolute Gasteiger partial charge is 0.109 e. The maximum absolute atomic E-state index is 4.79. The molecule has 0 radical (unpaired) electrons. The number of aromatic amines is 1. The zero-order valence-corrected chi connectivity index (χ0v) is 16.9. The number of likely N-dealkylation sites (tertiary alicyclic amines) is 1. The maximum atomic E-state index is 4.79. The molecule has 1 aliphatic heterocycles. The van der Waals surface area contributed by atoms with Gasteiger partial charge in [0.2, 0.25) is 0 Å². The quantitative estimate of drug-likeness (QED) is 0.749. The highest BCUT2D eigenvalue weighted by molar-refractivity contribution is 5.79. The maximum Gasteiger partial charge on any atom is 0.109 e. The molecule has 2 aromatic heterocycles. The normalized spacial score (nSPS) is 16.6. The minimum atomic E-state index is 0.547. The van der Waals surface area contributed by atoms with Crippen LogP contribution in [0.25, 0.3) is 11.0 Å². The molecule has 1 aromatic carbocycles. The highest BCUT2D eigenvalue weighted by atomic mass is 15.4. The number of nitrogens with zero attached hydrogens (tertiary/aromatic N) is 5. The average Bonchev–Trinajstić information content (AvgIpc) is 3.30. The fourth-order valence-corrected chi connectivity index (χ4v) is 4.02. The van der Waals surface area contributed by atoms with Crippen molar-refractivity contribution in [3.05, 3.63) is 41.0 Å². The molecule has 6 heteroatoms. The van der Waals surface area contributed by atoms with E-state index in [0.717, 1.165) is 48.6 Å². The summed E-state index contributed by atoms with van der Waals surface area (Å²) in [5.41, 5.74) is 5.88. The predicted octanol–water partition coefficient (Wildman–Crippen LogP) is 3.60. The van der Waals surface area contributed by atoms with Crippen molar-refractivity contribution in [3.63, 3.8) is 0 Å². The number of H-pyrrole nitrogens is 1. The number of hydrogen-bond donors (Lipinski definition) is 1. The Labute approximate surface area is 161 Å². The van der Waals surface area contributed by atoms with Gasteiger partial charge in [0.05, 0.1) is 16.7 Å². The molecule has 0 aliphatic carbocycles. The van der Waals surface area contributed by atoms with Gasteiger partial charge in [-0.25, -0.2) is 4.98 Å². The van der Waals surface area contributed by atoms with E-state index in [4.69, 9.17) is 4.98 Å². The minimum Gasteiger partial charge on any atom is -0.342 e. The molecule has 1 aliphatic rings. The molecule has 144 valence electrons. The van der Waals surface area contributed by atoms with Gasteiger partial charge in [0.1, 0.15) is 5.82 Å². The zero-order chi connectivity index (χ0) is 19.0. The second-order valence-corrected chi connectivity index (χ2v) is 8.15. The summed E-state index contributed by atoms with van der Waals surface area (Å²) in [5, 5.41) is 8.81. The first-order valence-electron chi connectivity index (χ1n) is 10.1. The van der Waals surface area contributed by atoms with E-state index in [1.807, 2.05) is 4.68 Å². The Morgan fingerprint density at radius 3 is 2.70 bits per heavy atom. The Hall–Kier alpha value is -2.21. The van der Waals surface area contributed by atoms with Crippen LogP contribution in [0.2, 0.25) is 0 Å². The molecule has 3 aromatic rings. The number of aryl methyl sites for hydroxylation is 4. The van der Waals surface area contributed by atoms with Gasteiger partial charge in [0.15, 0.2) is 0 Å². The molecule has 3 heterocycles. The molecule has 0 bridgehead atoms. The SMILES string of the molecule is Cc1ccc2[nH]c(CCn3cc(C4CCN(C(C)C)CC4)nn3)nc2c1C. The van der Waals surface area contributed by atoms with E-state index in [1.54, 1.807) is 0 Å². The highest BCUT2D eigenvalue weighted by Gasteiger charge is 2.24. The summed E-state index contributed by atoms with van der Waals surface area (Å²) in [4.78, 5) is 10.8. The van der Waals surface area contributed by atoms with E-state index in [9.17, 15) is 0 Å². The monoisotopic (exact) mass is 366 g/mol. The first kappa shape index (κ1) is 18.2. The van der Waals surface area contributed by atoms with E-state index >= 15 is 0 Å². The van der Waals surface area contributed by atoms with Gasteiger partial charge < -0.3 is 9.88 Å². The highest BCUT2D eigenvalue weighted by Crippen LogP contribution is 2.27. The van der Waals surface area contributed by atoms with Crippen molar-refractivity contribution >= 4 is 11.0 Å². The molecular formula is C21H30N6. The van der Waals surface area contributed by atoms with Crippen LogP contribution in [0.4, 0.5) is 0 Å². The fourth-order valence-electron chi connectivity index (χ4n) is 4.02. The first-order chi connectivity index (χ1) is 13.0. The van der Waals surface area contributed by atoms with E-state index in [1.165, 1.54) is 24.0 Å². The molecule has 6 nitrogen and oxygen atoms in total. The van der Waals surface area contributed by atoms with Crippen LogP contribution in [0.15, 0.2) is 18.3 Å². The molecule has 27 heavy (non-hydrogen) atoms. The van der Waals surface area contributed by atoms with Crippen LogP contribution in [0.5, 0.6) is 0 Å². The summed E-state index contributed by atoms with van der Waals surface area (Å²) in [6.07, 6.45) is 5.33. The molecule has 4 rings (SSSR count). The molecule has 0 saturated carbocycles. The first-order valence-corrected chi connectivity index (χ1v) is 10.1. The molecule has 1 N–H and O–H groups in total. The molecule has 1 fully saturated rings. The van der Waals surface area contributed by atoms with E-state index < -0.39 is 0 Å². The van der Waals surface area contributed by atoms with Crippen LogP contribution < -0.4 is 0 Å².